The van der Waals surface area contributed by atoms with Gasteiger partial charge in [-0.25, -0.2) is 0 Å². The summed E-state index contributed by atoms with van der Waals surface area (Å²) in [5.74, 6) is 0. The maximum Gasteiger partial charge on any atom is 0.134 e. The minimum atomic E-state index is 0.0166. The Labute approximate surface area is 82.0 Å². The van der Waals surface area contributed by atoms with Crippen LogP contribution in [0.15, 0.2) is 0 Å². The first-order valence-electron chi connectivity index (χ1n) is 3.50. The minimum absolute atomic E-state index is 0.0166. The molecule has 0 saturated carbocycles. The predicted octanol–water partition coefficient (Wildman–Crippen LogP) is -1.20. The molecular weight excluding hydrogens is 196 g/mol. The molecule has 12 heavy (non-hydrogen) atoms. The van der Waals surface area contributed by atoms with E-state index in [1.54, 1.807) is 0 Å². The average Bonchev–Trinajstić information content (AvgIpc) is 2.10. The predicted molar refractivity (Wildman–Crippen MR) is 55.4 cm³/mol. The van der Waals surface area contributed by atoms with E-state index in [1.165, 1.54) is 0 Å². The largest absolute Gasteiger partial charge is 0.395 e. The summed E-state index contributed by atoms with van der Waals surface area (Å²) in [6, 6.07) is 0. The van der Waals surface area contributed by atoms with Gasteiger partial charge in [-0.1, -0.05) is 24.4 Å². The number of aliphatic hydroxyl groups is 2. The standard InChI is InChI=1S/C6H12N2O2S2/c9-3-1-7-5(11)6(12)8-2-4-10/h9-10H,1-4H2,(H,7,11)(H,8,12). The molecule has 0 atom stereocenters. The van der Waals surface area contributed by atoms with Gasteiger partial charge in [0, 0.05) is 13.1 Å². The third-order valence-corrected chi connectivity index (χ3v) is 1.83. The summed E-state index contributed by atoms with van der Waals surface area (Å²) in [6.45, 7) is 0.811. The molecule has 0 aliphatic heterocycles. The highest BCUT2D eigenvalue weighted by atomic mass is 32.1. The molecule has 0 aromatic rings. The second-order valence-corrected chi connectivity index (χ2v) is 2.78. The molecule has 0 aromatic heterocycles. The fraction of sp³-hybridized carbons (Fsp3) is 0.667. The van der Waals surface area contributed by atoms with Gasteiger partial charge in [0.1, 0.15) is 9.98 Å². The Morgan fingerprint density at radius 2 is 1.25 bits per heavy atom. The van der Waals surface area contributed by atoms with Gasteiger partial charge >= 0.3 is 0 Å². The quantitative estimate of drug-likeness (QED) is 0.436. The van der Waals surface area contributed by atoms with Gasteiger partial charge in [-0.2, -0.15) is 0 Å². The highest BCUT2D eigenvalue weighted by Crippen LogP contribution is 1.77. The summed E-state index contributed by atoms with van der Waals surface area (Å²) >= 11 is 9.70. The van der Waals surface area contributed by atoms with Gasteiger partial charge < -0.3 is 20.8 Å². The summed E-state index contributed by atoms with van der Waals surface area (Å²) in [4.78, 5) is 0.792. The van der Waals surface area contributed by atoms with E-state index in [9.17, 15) is 0 Å². The number of aliphatic hydroxyl groups excluding tert-OH is 2. The van der Waals surface area contributed by atoms with Crippen molar-refractivity contribution >= 4 is 34.4 Å². The average molecular weight is 208 g/mol. The molecule has 0 spiro atoms. The van der Waals surface area contributed by atoms with Gasteiger partial charge in [-0.15, -0.1) is 0 Å². The zero-order chi connectivity index (χ0) is 9.40. The first kappa shape index (κ1) is 11.7. The lowest BCUT2D eigenvalue weighted by atomic mass is 10.5. The molecule has 0 rings (SSSR count). The van der Waals surface area contributed by atoms with Gasteiger partial charge in [-0.05, 0) is 0 Å². The highest BCUT2D eigenvalue weighted by molar-refractivity contribution is 7.89. The number of nitrogens with one attached hydrogen (secondary N) is 2. The normalized spacial score (nSPS) is 9.17. The lowest BCUT2D eigenvalue weighted by Gasteiger charge is -2.08. The fourth-order valence-electron chi connectivity index (χ4n) is 0.499. The van der Waals surface area contributed by atoms with Crippen molar-refractivity contribution in [2.75, 3.05) is 26.3 Å². The zero-order valence-electron chi connectivity index (χ0n) is 6.54. The van der Waals surface area contributed by atoms with Crippen LogP contribution in [0.3, 0.4) is 0 Å². The van der Waals surface area contributed by atoms with Crippen molar-refractivity contribution in [1.82, 2.24) is 10.6 Å². The molecule has 0 amide bonds. The van der Waals surface area contributed by atoms with Crippen LogP contribution in [-0.2, 0) is 0 Å². The zero-order valence-corrected chi connectivity index (χ0v) is 8.17. The van der Waals surface area contributed by atoms with Crippen LogP contribution in [0, 0.1) is 0 Å². The van der Waals surface area contributed by atoms with Crippen molar-refractivity contribution in [1.29, 1.82) is 0 Å². The summed E-state index contributed by atoms with van der Waals surface area (Å²) < 4.78 is 0. The SMILES string of the molecule is OCCNC(=S)C(=S)NCCO. The van der Waals surface area contributed by atoms with E-state index in [4.69, 9.17) is 34.6 Å². The fourth-order valence-corrected chi connectivity index (χ4v) is 0.848. The Kier molecular flexibility index (Phi) is 7.17. The van der Waals surface area contributed by atoms with Crippen molar-refractivity contribution in [2.24, 2.45) is 0 Å². The minimum Gasteiger partial charge on any atom is -0.395 e. The van der Waals surface area contributed by atoms with Crippen LogP contribution in [0.25, 0.3) is 0 Å². The molecular formula is C6H12N2O2S2. The smallest absolute Gasteiger partial charge is 0.134 e. The number of rotatable bonds is 4. The van der Waals surface area contributed by atoms with Crippen molar-refractivity contribution in [3.8, 4) is 0 Å². The molecule has 4 N–H and O–H groups in total. The molecule has 0 radical (unpaired) electrons. The van der Waals surface area contributed by atoms with E-state index < -0.39 is 0 Å². The Morgan fingerprint density at radius 3 is 1.50 bits per heavy atom. The van der Waals surface area contributed by atoms with Crippen LogP contribution < -0.4 is 10.6 Å². The Morgan fingerprint density at radius 1 is 0.917 bits per heavy atom. The molecule has 0 unspecified atom stereocenters. The van der Waals surface area contributed by atoms with E-state index in [0.29, 0.717) is 23.1 Å². The summed E-state index contributed by atoms with van der Waals surface area (Å²) in [7, 11) is 0. The lowest BCUT2D eigenvalue weighted by Crippen LogP contribution is -2.39. The molecule has 0 heterocycles. The van der Waals surface area contributed by atoms with Crippen LogP contribution in [0.1, 0.15) is 0 Å². The Hall–Kier alpha value is -0.300. The van der Waals surface area contributed by atoms with Gasteiger partial charge in [0.2, 0.25) is 0 Å². The highest BCUT2D eigenvalue weighted by Gasteiger charge is 2.01. The van der Waals surface area contributed by atoms with Gasteiger partial charge in [0.05, 0.1) is 13.2 Å². The first-order chi connectivity index (χ1) is 5.72. The molecule has 0 aliphatic rings. The molecule has 0 aliphatic carbocycles. The molecule has 0 fully saturated rings. The number of thiocarbonyl (C=S) groups is 2. The van der Waals surface area contributed by atoms with Gasteiger partial charge in [0.15, 0.2) is 0 Å². The second kappa shape index (κ2) is 7.35. The van der Waals surface area contributed by atoms with Crippen LogP contribution in [-0.4, -0.2) is 46.5 Å². The van der Waals surface area contributed by atoms with Crippen LogP contribution in [0.5, 0.6) is 0 Å². The van der Waals surface area contributed by atoms with Crippen molar-refractivity contribution in [3.63, 3.8) is 0 Å². The monoisotopic (exact) mass is 208 g/mol. The third kappa shape index (κ3) is 5.36. The molecule has 0 saturated heterocycles. The second-order valence-electron chi connectivity index (χ2n) is 1.96. The maximum absolute atomic E-state index is 8.45. The van der Waals surface area contributed by atoms with Gasteiger partial charge in [-0.3, -0.25) is 0 Å². The third-order valence-electron chi connectivity index (χ3n) is 1.00. The molecule has 4 nitrogen and oxygen atoms in total. The summed E-state index contributed by atoms with van der Waals surface area (Å²) in [5, 5.41) is 22.4. The van der Waals surface area contributed by atoms with Crippen molar-refractivity contribution < 1.29 is 10.2 Å². The van der Waals surface area contributed by atoms with E-state index >= 15 is 0 Å². The Balaban J connectivity index is 3.55. The maximum atomic E-state index is 8.45. The Bertz CT molecular complexity index is 146. The first-order valence-corrected chi connectivity index (χ1v) is 4.31. The molecule has 0 bridgehead atoms. The molecule has 70 valence electrons. The number of hydrogen-bond donors (Lipinski definition) is 4. The van der Waals surface area contributed by atoms with Crippen molar-refractivity contribution in [3.05, 3.63) is 0 Å². The molecule has 0 aromatic carbocycles. The molecule has 6 heteroatoms. The van der Waals surface area contributed by atoms with Crippen LogP contribution >= 0.6 is 24.4 Å². The topological polar surface area (TPSA) is 64.5 Å². The van der Waals surface area contributed by atoms with E-state index in [-0.39, 0.29) is 13.2 Å². The van der Waals surface area contributed by atoms with E-state index in [1.807, 2.05) is 0 Å². The van der Waals surface area contributed by atoms with E-state index in [2.05, 4.69) is 10.6 Å². The van der Waals surface area contributed by atoms with Crippen molar-refractivity contribution in [2.45, 2.75) is 0 Å². The van der Waals surface area contributed by atoms with E-state index in [0.717, 1.165) is 0 Å². The summed E-state index contributed by atoms with van der Waals surface area (Å²) in [5.41, 5.74) is 0. The number of hydrogen-bond acceptors (Lipinski definition) is 4. The van der Waals surface area contributed by atoms with Gasteiger partial charge in [0.25, 0.3) is 0 Å². The van der Waals surface area contributed by atoms with Crippen LogP contribution in [0.2, 0.25) is 0 Å². The lowest BCUT2D eigenvalue weighted by molar-refractivity contribution is 0.299. The summed E-state index contributed by atoms with van der Waals surface area (Å²) in [6.07, 6.45) is 0. The van der Waals surface area contributed by atoms with Crippen LogP contribution in [0.4, 0.5) is 0 Å².